The molecule has 1 aliphatic carbocycles. The molecule has 1 saturated carbocycles. The fourth-order valence-electron chi connectivity index (χ4n) is 2.38. The summed E-state index contributed by atoms with van der Waals surface area (Å²) < 4.78 is 16.3. The number of halogens is 2. The molecule has 0 radical (unpaired) electrons. The summed E-state index contributed by atoms with van der Waals surface area (Å²) in [6.07, 6.45) is 6.83. The number of rotatable bonds is 4. The van der Waals surface area contributed by atoms with Crippen LogP contribution in [-0.4, -0.2) is 30.1 Å². The molecule has 0 saturated heterocycles. The Kier molecular flexibility index (Phi) is 10.2. The van der Waals surface area contributed by atoms with E-state index >= 15 is 0 Å². The second kappa shape index (κ2) is 11.6. The van der Waals surface area contributed by atoms with Crippen LogP contribution in [0.15, 0.2) is 27.7 Å². The number of hydrogen-bond acceptors (Lipinski definition) is 5. The van der Waals surface area contributed by atoms with Crippen LogP contribution in [0.4, 0.5) is 10.1 Å². The monoisotopic (exact) mass is 419 g/mol. The number of nitrogens with one attached hydrogen (secondary N) is 2. The molecule has 24 heavy (non-hydrogen) atoms. The van der Waals surface area contributed by atoms with Gasteiger partial charge in [0.25, 0.3) is 0 Å². The van der Waals surface area contributed by atoms with E-state index in [4.69, 9.17) is 5.21 Å². The summed E-state index contributed by atoms with van der Waals surface area (Å²) in [5.74, 6) is -0.768. The summed E-state index contributed by atoms with van der Waals surface area (Å²) in [7, 11) is 1.89. The van der Waals surface area contributed by atoms with Crippen molar-refractivity contribution in [2.24, 2.45) is 10.9 Å². The zero-order valence-corrected chi connectivity index (χ0v) is 16.2. The van der Waals surface area contributed by atoms with E-state index in [9.17, 15) is 9.18 Å². The highest BCUT2D eigenvalue weighted by Crippen LogP contribution is 2.26. The smallest absolute Gasteiger partial charge is 0.202 e. The molecule has 0 bridgehead atoms. The number of aliphatic imine (C=N–C) groups is 1. The van der Waals surface area contributed by atoms with Crippen molar-refractivity contribution in [3.8, 4) is 0 Å². The topological polar surface area (TPSA) is 73.7 Å². The van der Waals surface area contributed by atoms with Crippen molar-refractivity contribution in [2.75, 3.05) is 13.3 Å². The summed E-state index contributed by atoms with van der Waals surface area (Å²) in [5.41, 5.74) is 2.27. The van der Waals surface area contributed by atoms with Crippen LogP contribution >= 0.6 is 27.9 Å². The number of carbonyl (C=O) groups is 1. The average Bonchev–Trinajstić information content (AvgIpc) is 2.63. The van der Waals surface area contributed by atoms with Gasteiger partial charge in [0.1, 0.15) is 5.82 Å². The minimum Gasteiger partial charge on any atom is -0.290 e. The van der Waals surface area contributed by atoms with Gasteiger partial charge in [-0.1, -0.05) is 31.2 Å². The van der Waals surface area contributed by atoms with Gasteiger partial charge in [0.15, 0.2) is 5.84 Å². The predicted octanol–water partition coefficient (Wildman–Crippen LogP) is 4.23. The first-order valence-electron chi connectivity index (χ1n) is 7.71. The Morgan fingerprint density at radius 3 is 2.50 bits per heavy atom. The summed E-state index contributed by atoms with van der Waals surface area (Å²) in [4.78, 5) is 16.3. The van der Waals surface area contributed by atoms with Gasteiger partial charge in [0, 0.05) is 5.92 Å². The second-order valence-corrected chi connectivity index (χ2v) is 6.95. The zero-order valence-electron chi connectivity index (χ0n) is 13.8. The van der Waals surface area contributed by atoms with E-state index in [0.717, 1.165) is 32.1 Å². The third kappa shape index (κ3) is 6.88. The minimum atomic E-state index is -0.402. The maximum absolute atomic E-state index is 13.1. The maximum atomic E-state index is 13.1. The number of hydroxylamine groups is 1. The lowest BCUT2D eigenvalue weighted by Gasteiger charge is -2.20. The molecule has 1 aromatic carbocycles. The van der Waals surface area contributed by atoms with Crippen LogP contribution < -0.4 is 10.2 Å². The van der Waals surface area contributed by atoms with Crippen LogP contribution in [-0.2, 0) is 4.79 Å². The van der Waals surface area contributed by atoms with E-state index in [1.54, 1.807) is 11.9 Å². The molecule has 0 atom stereocenters. The van der Waals surface area contributed by atoms with Crippen molar-refractivity contribution in [1.29, 1.82) is 0 Å². The van der Waals surface area contributed by atoms with Crippen molar-refractivity contribution in [3.63, 3.8) is 0 Å². The van der Waals surface area contributed by atoms with Crippen LogP contribution in [0.3, 0.4) is 0 Å². The van der Waals surface area contributed by atoms with Crippen molar-refractivity contribution in [3.05, 3.63) is 28.5 Å². The van der Waals surface area contributed by atoms with Crippen molar-refractivity contribution in [2.45, 2.75) is 32.1 Å². The van der Waals surface area contributed by atoms with Gasteiger partial charge in [-0.2, -0.15) is 0 Å². The summed E-state index contributed by atoms with van der Waals surface area (Å²) in [6.45, 7) is 0. The van der Waals surface area contributed by atoms with E-state index in [-0.39, 0.29) is 22.0 Å². The van der Waals surface area contributed by atoms with Crippen molar-refractivity contribution < 1.29 is 14.4 Å². The van der Waals surface area contributed by atoms with Gasteiger partial charge in [-0.05, 0) is 60.3 Å². The molecule has 0 unspecified atom stereocenters. The molecule has 0 aliphatic heterocycles. The quantitative estimate of drug-likeness (QED) is 0.294. The molecular formula is C16H23BrFN3O2S. The molecule has 1 fully saturated rings. The van der Waals surface area contributed by atoms with Crippen LogP contribution in [0, 0.1) is 11.7 Å². The summed E-state index contributed by atoms with van der Waals surface area (Å²) in [5, 5.41) is 9.12. The third-order valence-electron chi connectivity index (χ3n) is 3.66. The average molecular weight is 420 g/mol. The predicted molar refractivity (Wildman–Crippen MR) is 100 cm³/mol. The van der Waals surface area contributed by atoms with E-state index in [0.29, 0.717) is 5.69 Å². The molecule has 2 rings (SSSR count). The highest BCUT2D eigenvalue weighted by Gasteiger charge is 2.25. The Hall–Kier alpha value is -0.960. The SMILES string of the molecule is CNSC.O=C(C(=Nc1ccc(F)c(Br)c1)NO)C1CCCCC1. The fourth-order valence-corrected chi connectivity index (χ4v) is 2.74. The Labute approximate surface area is 154 Å². The fraction of sp³-hybridized carbons (Fsp3) is 0.500. The first-order valence-corrected chi connectivity index (χ1v) is 9.73. The molecular weight excluding hydrogens is 397 g/mol. The zero-order chi connectivity index (χ0) is 17.9. The van der Waals surface area contributed by atoms with E-state index in [1.165, 1.54) is 18.2 Å². The molecule has 0 spiro atoms. The molecule has 3 N–H and O–H groups in total. The van der Waals surface area contributed by atoms with E-state index in [1.807, 2.05) is 18.8 Å². The second-order valence-electron chi connectivity index (χ2n) is 5.28. The lowest BCUT2D eigenvalue weighted by Crippen LogP contribution is -2.34. The number of benzene rings is 1. The van der Waals surface area contributed by atoms with Gasteiger partial charge in [-0.3, -0.25) is 14.7 Å². The number of nitrogens with zero attached hydrogens (tertiary/aromatic N) is 1. The van der Waals surface area contributed by atoms with Gasteiger partial charge in [-0.25, -0.2) is 14.9 Å². The molecule has 1 aliphatic rings. The lowest BCUT2D eigenvalue weighted by molar-refractivity contribution is -0.117. The molecule has 134 valence electrons. The summed E-state index contributed by atoms with van der Waals surface area (Å²) >= 11 is 4.67. The standard InChI is InChI=1S/C14H16BrFN2O2.C2H7NS/c15-11-8-10(6-7-12(11)16)17-14(18-20)13(19)9-4-2-1-3-5-9;1-3-4-2/h6-9,20H,1-5H2,(H,17,18);3H,1-2H3. The highest BCUT2D eigenvalue weighted by atomic mass is 79.9. The Morgan fingerprint density at radius 2 is 2.00 bits per heavy atom. The molecule has 5 nitrogen and oxygen atoms in total. The molecule has 0 aromatic heterocycles. The van der Waals surface area contributed by atoms with Gasteiger partial charge < -0.3 is 0 Å². The normalized spacial score (nSPS) is 15.5. The highest BCUT2D eigenvalue weighted by molar-refractivity contribution is 9.10. The molecule has 1 aromatic rings. The Bertz CT molecular complexity index is 564. The third-order valence-corrected chi connectivity index (χ3v) is 4.68. The van der Waals surface area contributed by atoms with E-state index in [2.05, 4.69) is 25.6 Å². The number of ketones is 1. The molecule has 8 heteroatoms. The number of amidine groups is 1. The van der Waals surface area contributed by atoms with Crippen LogP contribution in [0.25, 0.3) is 0 Å². The summed E-state index contributed by atoms with van der Waals surface area (Å²) in [6, 6.07) is 4.16. The Morgan fingerprint density at radius 1 is 1.38 bits per heavy atom. The number of hydrogen-bond donors (Lipinski definition) is 3. The van der Waals surface area contributed by atoms with Crippen molar-refractivity contribution >= 4 is 45.2 Å². The number of carbonyl (C=O) groups excluding carboxylic acids is 1. The lowest BCUT2D eigenvalue weighted by atomic mass is 9.86. The van der Waals surface area contributed by atoms with E-state index < -0.39 is 5.82 Å². The first-order chi connectivity index (χ1) is 11.5. The van der Waals surface area contributed by atoms with Crippen molar-refractivity contribution in [1.82, 2.24) is 10.2 Å². The van der Waals surface area contributed by atoms with Gasteiger partial charge in [0.05, 0.1) is 10.2 Å². The first kappa shape index (κ1) is 21.1. The maximum Gasteiger partial charge on any atom is 0.202 e. The van der Waals surface area contributed by atoms with Crippen LogP contribution in [0.1, 0.15) is 32.1 Å². The van der Waals surface area contributed by atoms with Gasteiger partial charge in [0.2, 0.25) is 5.78 Å². The van der Waals surface area contributed by atoms with Gasteiger partial charge >= 0.3 is 0 Å². The van der Waals surface area contributed by atoms with Crippen LogP contribution in [0.2, 0.25) is 0 Å². The minimum absolute atomic E-state index is 0.0876. The largest absolute Gasteiger partial charge is 0.290 e. The van der Waals surface area contributed by atoms with Crippen LogP contribution in [0.5, 0.6) is 0 Å². The Balaban J connectivity index is 0.000000648. The number of Topliss-reactive ketones (excluding diaryl/α,β-unsaturated/α-hetero) is 1. The molecule has 0 heterocycles. The molecule has 0 amide bonds. The van der Waals surface area contributed by atoms with Gasteiger partial charge in [-0.15, -0.1) is 0 Å².